The molecule has 3 heteroatoms. The molecule has 0 saturated carbocycles. The van der Waals surface area contributed by atoms with Crippen molar-refractivity contribution in [2.75, 3.05) is 13.1 Å². The van der Waals surface area contributed by atoms with Gasteiger partial charge in [-0.25, -0.2) is 4.39 Å². The number of likely N-dealkylation sites (N-methyl/N-ethyl adjacent to an activating group) is 1. The van der Waals surface area contributed by atoms with Gasteiger partial charge >= 0.3 is 0 Å². The van der Waals surface area contributed by atoms with Crippen LogP contribution in [-0.4, -0.2) is 13.1 Å². The van der Waals surface area contributed by atoms with E-state index in [1.807, 2.05) is 18.2 Å². The Bertz CT molecular complexity index is 542. The van der Waals surface area contributed by atoms with Gasteiger partial charge in [-0.05, 0) is 42.3 Å². The van der Waals surface area contributed by atoms with Crippen molar-refractivity contribution in [2.24, 2.45) is 0 Å². The molecule has 1 nitrogen and oxygen atoms in total. The standard InChI is InChI=1S/C17H19ClFN/c1-2-20-12-15(13-6-4-3-5-7-13)10-14-11-16(19)8-9-17(14)18/h3-9,11,15,20H,2,10,12H2,1H3. The molecule has 2 aromatic rings. The summed E-state index contributed by atoms with van der Waals surface area (Å²) in [5.74, 6) is 0.0510. The molecule has 106 valence electrons. The first-order valence-corrected chi connectivity index (χ1v) is 7.28. The van der Waals surface area contributed by atoms with Crippen LogP contribution in [0.4, 0.5) is 4.39 Å². The van der Waals surface area contributed by atoms with Crippen LogP contribution in [0.25, 0.3) is 0 Å². The Morgan fingerprint density at radius 1 is 1.15 bits per heavy atom. The highest BCUT2D eigenvalue weighted by Gasteiger charge is 2.14. The van der Waals surface area contributed by atoms with Gasteiger partial charge in [-0.15, -0.1) is 0 Å². The molecule has 0 aliphatic heterocycles. The monoisotopic (exact) mass is 291 g/mol. The maximum Gasteiger partial charge on any atom is 0.123 e. The Morgan fingerprint density at radius 3 is 2.60 bits per heavy atom. The van der Waals surface area contributed by atoms with Gasteiger partial charge in [0.1, 0.15) is 5.82 Å². The van der Waals surface area contributed by atoms with Crippen LogP contribution < -0.4 is 5.32 Å². The van der Waals surface area contributed by atoms with Crippen molar-refractivity contribution < 1.29 is 4.39 Å². The molecule has 0 aliphatic carbocycles. The largest absolute Gasteiger partial charge is 0.316 e. The zero-order valence-electron chi connectivity index (χ0n) is 11.6. The van der Waals surface area contributed by atoms with Crippen molar-refractivity contribution in [1.82, 2.24) is 5.32 Å². The summed E-state index contributed by atoms with van der Waals surface area (Å²) in [6.07, 6.45) is 0.730. The fourth-order valence-corrected chi connectivity index (χ4v) is 2.51. The van der Waals surface area contributed by atoms with Crippen molar-refractivity contribution in [3.63, 3.8) is 0 Å². The lowest BCUT2D eigenvalue weighted by Gasteiger charge is -2.18. The molecular formula is C17H19ClFN. The molecule has 0 radical (unpaired) electrons. The summed E-state index contributed by atoms with van der Waals surface area (Å²) in [5.41, 5.74) is 2.10. The number of hydrogen-bond acceptors (Lipinski definition) is 1. The SMILES string of the molecule is CCNCC(Cc1cc(F)ccc1Cl)c1ccccc1. The fourth-order valence-electron chi connectivity index (χ4n) is 2.32. The van der Waals surface area contributed by atoms with E-state index in [0.29, 0.717) is 5.02 Å². The second kappa shape index (κ2) is 7.41. The van der Waals surface area contributed by atoms with E-state index in [9.17, 15) is 4.39 Å². The van der Waals surface area contributed by atoms with Gasteiger partial charge in [0.15, 0.2) is 0 Å². The zero-order valence-corrected chi connectivity index (χ0v) is 12.3. The average Bonchev–Trinajstić information content (AvgIpc) is 2.48. The lowest BCUT2D eigenvalue weighted by Crippen LogP contribution is -2.22. The van der Waals surface area contributed by atoms with E-state index in [1.165, 1.54) is 17.7 Å². The van der Waals surface area contributed by atoms with Gasteiger partial charge in [0, 0.05) is 17.5 Å². The van der Waals surface area contributed by atoms with Crippen LogP contribution in [0.2, 0.25) is 5.02 Å². The minimum Gasteiger partial charge on any atom is -0.316 e. The summed E-state index contributed by atoms with van der Waals surface area (Å²) in [6.45, 7) is 3.85. The number of hydrogen-bond donors (Lipinski definition) is 1. The second-order valence-electron chi connectivity index (χ2n) is 4.86. The third-order valence-corrected chi connectivity index (χ3v) is 3.75. The topological polar surface area (TPSA) is 12.0 Å². The van der Waals surface area contributed by atoms with Crippen LogP contribution >= 0.6 is 11.6 Å². The fraction of sp³-hybridized carbons (Fsp3) is 0.294. The van der Waals surface area contributed by atoms with Crippen molar-refractivity contribution in [2.45, 2.75) is 19.3 Å². The summed E-state index contributed by atoms with van der Waals surface area (Å²) in [5, 5.41) is 3.99. The van der Waals surface area contributed by atoms with Gasteiger partial charge in [0.05, 0.1) is 0 Å². The van der Waals surface area contributed by atoms with Crippen LogP contribution in [0.3, 0.4) is 0 Å². The van der Waals surface area contributed by atoms with Gasteiger partial charge in [0.25, 0.3) is 0 Å². The molecule has 2 aromatic carbocycles. The first-order valence-electron chi connectivity index (χ1n) is 6.90. The molecule has 0 spiro atoms. The second-order valence-corrected chi connectivity index (χ2v) is 5.26. The van der Waals surface area contributed by atoms with E-state index < -0.39 is 0 Å². The lowest BCUT2D eigenvalue weighted by atomic mass is 9.92. The Morgan fingerprint density at radius 2 is 1.90 bits per heavy atom. The number of benzene rings is 2. The van der Waals surface area contributed by atoms with Crippen LogP contribution in [-0.2, 0) is 6.42 Å². The molecule has 1 N–H and O–H groups in total. The minimum atomic E-state index is -0.236. The Kier molecular flexibility index (Phi) is 5.57. The number of nitrogens with one attached hydrogen (secondary N) is 1. The van der Waals surface area contributed by atoms with Crippen molar-refractivity contribution >= 4 is 11.6 Å². The average molecular weight is 292 g/mol. The molecule has 1 unspecified atom stereocenters. The molecule has 0 saturated heterocycles. The predicted octanol–water partition coefficient (Wildman–Crippen LogP) is 4.41. The van der Waals surface area contributed by atoms with Crippen LogP contribution in [0.15, 0.2) is 48.5 Å². The normalized spacial score (nSPS) is 12.3. The molecule has 0 bridgehead atoms. The Balaban J connectivity index is 2.21. The highest BCUT2D eigenvalue weighted by molar-refractivity contribution is 6.31. The van der Waals surface area contributed by atoms with Gasteiger partial charge in [-0.2, -0.15) is 0 Å². The predicted molar refractivity (Wildman–Crippen MR) is 82.8 cm³/mol. The number of rotatable bonds is 6. The summed E-state index contributed by atoms with van der Waals surface area (Å²) in [4.78, 5) is 0. The van der Waals surface area contributed by atoms with Gasteiger partial charge in [0.2, 0.25) is 0 Å². The Hall–Kier alpha value is -1.38. The smallest absolute Gasteiger partial charge is 0.123 e. The molecule has 0 fully saturated rings. The highest BCUT2D eigenvalue weighted by Crippen LogP contribution is 2.25. The van der Waals surface area contributed by atoms with Crippen LogP contribution in [0.1, 0.15) is 24.0 Å². The molecule has 0 aliphatic rings. The van der Waals surface area contributed by atoms with E-state index in [4.69, 9.17) is 11.6 Å². The zero-order chi connectivity index (χ0) is 14.4. The van der Waals surface area contributed by atoms with E-state index in [1.54, 1.807) is 6.07 Å². The molecule has 0 amide bonds. The third-order valence-electron chi connectivity index (χ3n) is 3.39. The van der Waals surface area contributed by atoms with Crippen LogP contribution in [0.5, 0.6) is 0 Å². The highest BCUT2D eigenvalue weighted by atomic mass is 35.5. The van der Waals surface area contributed by atoms with Gasteiger partial charge in [-0.3, -0.25) is 0 Å². The molecule has 20 heavy (non-hydrogen) atoms. The maximum atomic E-state index is 13.4. The van der Waals surface area contributed by atoms with Gasteiger partial charge < -0.3 is 5.32 Å². The van der Waals surface area contributed by atoms with Crippen molar-refractivity contribution in [3.8, 4) is 0 Å². The summed E-state index contributed by atoms with van der Waals surface area (Å²) in [6, 6.07) is 14.8. The molecule has 2 rings (SSSR count). The van der Waals surface area contributed by atoms with E-state index >= 15 is 0 Å². The lowest BCUT2D eigenvalue weighted by molar-refractivity contribution is 0.588. The van der Waals surface area contributed by atoms with E-state index in [2.05, 4.69) is 24.4 Å². The maximum absolute atomic E-state index is 13.4. The van der Waals surface area contributed by atoms with Gasteiger partial charge in [-0.1, -0.05) is 48.9 Å². The first-order chi connectivity index (χ1) is 9.70. The third kappa shape index (κ3) is 4.06. The quantitative estimate of drug-likeness (QED) is 0.831. The number of halogens is 2. The van der Waals surface area contributed by atoms with Crippen molar-refractivity contribution in [3.05, 3.63) is 70.5 Å². The summed E-state index contributed by atoms with van der Waals surface area (Å²) < 4.78 is 13.4. The Labute approximate surface area is 124 Å². The molecule has 1 atom stereocenters. The summed E-state index contributed by atoms with van der Waals surface area (Å²) in [7, 11) is 0. The molecular weight excluding hydrogens is 273 g/mol. The molecule has 0 heterocycles. The minimum absolute atomic E-state index is 0.236. The van der Waals surface area contributed by atoms with E-state index in [-0.39, 0.29) is 11.7 Å². The van der Waals surface area contributed by atoms with Crippen molar-refractivity contribution in [1.29, 1.82) is 0 Å². The summed E-state index contributed by atoms with van der Waals surface area (Å²) >= 11 is 6.17. The molecule has 0 aromatic heterocycles. The van der Waals surface area contributed by atoms with Crippen LogP contribution in [0, 0.1) is 5.82 Å². The first kappa shape index (κ1) is 15.0. The van der Waals surface area contributed by atoms with E-state index in [0.717, 1.165) is 25.1 Å².